The summed E-state index contributed by atoms with van der Waals surface area (Å²) < 4.78 is 30.9. The Hall–Kier alpha value is -3.07. The summed E-state index contributed by atoms with van der Waals surface area (Å²) in [6.45, 7) is 3.93. The number of amides is 2. The van der Waals surface area contributed by atoms with Gasteiger partial charge in [0.05, 0.1) is 30.7 Å². The minimum atomic E-state index is -3.44. The number of hydrogen-bond donors (Lipinski definition) is 2. The van der Waals surface area contributed by atoms with E-state index in [-0.39, 0.29) is 24.8 Å². The smallest absolute Gasteiger partial charge is 0.229 e. The molecule has 30 heavy (non-hydrogen) atoms. The Labute approximate surface area is 176 Å². The molecule has 2 aromatic carbocycles. The number of nitrogens with zero attached hydrogens (tertiary/aromatic N) is 1. The number of methoxy groups -OCH3 is 1. The molecule has 1 unspecified atom stereocenters. The van der Waals surface area contributed by atoms with Crippen LogP contribution in [0.1, 0.15) is 17.5 Å². The second-order valence-electron chi connectivity index (χ2n) is 7.47. The van der Waals surface area contributed by atoms with Gasteiger partial charge in [-0.3, -0.25) is 14.3 Å². The average Bonchev–Trinajstić information content (AvgIpc) is 3.05. The van der Waals surface area contributed by atoms with E-state index in [1.807, 2.05) is 19.1 Å². The summed E-state index contributed by atoms with van der Waals surface area (Å²) in [4.78, 5) is 26.9. The van der Waals surface area contributed by atoms with Crippen LogP contribution in [0.2, 0.25) is 0 Å². The topological polar surface area (TPSA) is 105 Å². The molecule has 8 nitrogen and oxygen atoms in total. The fraction of sp³-hybridized carbons (Fsp3) is 0.333. The number of carbonyl (C=O) groups excluding carboxylic acids is 2. The van der Waals surface area contributed by atoms with Crippen molar-refractivity contribution in [2.45, 2.75) is 20.3 Å². The van der Waals surface area contributed by atoms with Crippen molar-refractivity contribution in [1.82, 2.24) is 0 Å². The zero-order chi connectivity index (χ0) is 22.1. The Morgan fingerprint density at radius 3 is 2.57 bits per heavy atom. The van der Waals surface area contributed by atoms with E-state index in [2.05, 4.69) is 10.0 Å². The van der Waals surface area contributed by atoms with Crippen molar-refractivity contribution in [2.75, 3.05) is 34.8 Å². The van der Waals surface area contributed by atoms with Gasteiger partial charge in [-0.1, -0.05) is 12.1 Å². The summed E-state index contributed by atoms with van der Waals surface area (Å²) in [6, 6.07) is 10.5. The first-order chi connectivity index (χ1) is 14.1. The lowest BCUT2D eigenvalue weighted by Crippen LogP contribution is -2.28. The average molecular weight is 432 g/mol. The maximum atomic E-state index is 12.8. The molecule has 1 aliphatic heterocycles. The first-order valence-corrected chi connectivity index (χ1v) is 11.3. The van der Waals surface area contributed by atoms with Gasteiger partial charge in [0.1, 0.15) is 5.75 Å². The Morgan fingerprint density at radius 1 is 1.17 bits per heavy atom. The zero-order valence-electron chi connectivity index (χ0n) is 17.4. The lowest BCUT2D eigenvalue weighted by atomic mass is 10.1. The quantitative estimate of drug-likeness (QED) is 0.732. The number of benzene rings is 2. The van der Waals surface area contributed by atoms with Gasteiger partial charge in [-0.25, -0.2) is 8.42 Å². The van der Waals surface area contributed by atoms with Crippen LogP contribution in [-0.2, 0) is 19.6 Å². The molecule has 2 N–H and O–H groups in total. The fourth-order valence-electron chi connectivity index (χ4n) is 3.38. The molecule has 1 heterocycles. The summed E-state index contributed by atoms with van der Waals surface area (Å²) in [5, 5.41) is 2.79. The zero-order valence-corrected chi connectivity index (χ0v) is 18.2. The molecule has 9 heteroatoms. The van der Waals surface area contributed by atoms with Crippen LogP contribution in [-0.4, -0.2) is 40.1 Å². The predicted molar refractivity (Wildman–Crippen MR) is 116 cm³/mol. The van der Waals surface area contributed by atoms with Crippen LogP contribution in [0.4, 0.5) is 17.1 Å². The molecule has 1 fully saturated rings. The predicted octanol–water partition coefficient (Wildman–Crippen LogP) is 2.68. The number of sulfonamides is 1. The third kappa shape index (κ3) is 4.91. The van der Waals surface area contributed by atoms with E-state index < -0.39 is 15.9 Å². The summed E-state index contributed by atoms with van der Waals surface area (Å²) in [6.07, 6.45) is 1.15. The monoisotopic (exact) mass is 431 g/mol. The van der Waals surface area contributed by atoms with E-state index in [0.717, 1.165) is 17.4 Å². The minimum absolute atomic E-state index is 0.0865. The van der Waals surface area contributed by atoms with Gasteiger partial charge in [0.2, 0.25) is 21.8 Å². The molecule has 1 atom stereocenters. The molecule has 0 radical (unpaired) electrons. The van der Waals surface area contributed by atoms with Crippen LogP contribution in [0.25, 0.3) is 0 Å². The number of rotatable bonds is 6. The molecule has 160 valence electrons. The maximum absolute atomic E-state index is 12.8. The fourth-order valence-corrected chi connectivity index (χ4v) is 4.00. The van der Waals surface area contributed by atoms with Crippen LogP contribution in [0.3, 0.4) is 0 Å². The van der Waals surface area contributed by atoms with E-state index in [9.17, 15) is 18.0 Å². The lowest BCUT2D eigenvalue weighted by Gasteiger charge is -2.20. The molecule has 2 amide bonds. The van der Waals surface area contributed by atoms with Gasteiger partial charge < -0.3 is 15.0 Å². The number of hydrogen-bond acceptors (Lipinski definition) is 5. The first kappa shape index (κ1) is 21.6. The third-order valence-electron chi connectivity index (χ3n) is 4.92. The standard InChI is InChI=1S/C21H25N3O5S/c1-13-5-8-19(29-3)18(9-13)24-12-15(10-20(24)25)21(26)22-16-7-6-14(2)17(11-16)23-30(4,27)28/h5-9,11,15,23H,10,12H2,1-4H3,(H,22,26). The van der Waals surface area contributed by atoms with Crippen molar-refractivity contribution in [3.63, 3.8) is 0 Å². The molecule has 0 aromatic heterocycles. The molecule has 3 rings (SSSR count). The highest BCUT2D eigenvalue weighted by atomic mass is 32.2. The second kappa shape index (κ2) is 8.35. The van der Waals surface area contributed by atoms with Gasteiger partial charge >= 0.3 is 0 Å². The molecule has 0 saturated carbocycles. The van der Waals surface area contributed by atoms with Gasteiger partial charge in [0, 0.05) is 18.7 Å². The number of aryl methyl sites for hydroxylation is 2. The van der Waals surface area contributed by atoms with Crippen LogP contribution >= 0.6 is 0 Å². The highest BCUT2D eigenvalue weighted by Gasteiger charge is 2.36. The summed E-state index contributed by atoms with van der Waals surface area (Å²) in [7, 11) is -1.90. The Bertz CT molecular complexity index is 1100. The van der Waals surface area contributed by atoms with Gasteiger partial charge in [-0.2, -0.15) is 0 Å². The number of anilines is 3. The largest absolute Gasteiger partial charge is 0.495 e. The van der Waals surface area contributed by atoms with E-state index in [4.69, 9.17) is 4.74 Å². The van der Waals surface area contributed by atoms with Crippen molar-refractivity contribution in [3.8, 4) is 5.75 Å². The molecule has 1 saturated heterocycles. The number of carbonyl (C=O) groups is 2. The van der Waals surface area contributed by atoms with Crippen LogP contribution in [0, 0.1) is 19.8 Å². The van der Waals surface area contributed by atoms with Crippen molar-refractivity contribution in [1.29, 1.82) is 0 Å². The lowest BCUT2D eigenvalue weighted by molar-refractivity contribution is -0.122. The van der Waals surface area contributed by atoms with Crippen LogP contribution < -0.4 is 19.7 Å². The van der Waals surface area contributed by atoms with Crippen molar-refractivity contribution < 1.29 is 22.7 Å². The number of ether oxygens (including phenoxy) is 1. The first-order valence-electron chi connectivity index (χ1n) is 9.41. The maximum Gasteiger partial charge on any atom is 0.229 e. The summed E-state index contributed by atoms with van der Waals surface area (Å²) in [5.41, 5.74) is 3.21. The molecule has 1 aliphatic rings. The van der Waals surface area contributed by atoms with Gasteiger partial charge in [0.25, 0.3) is 0 Å². The van der Waals surface area contributed by atoms with Gasteiger partial charge in [-0.15, -0.1) is 0 Å². The van der Waals surface area contributed by atoms with Crippen LogP contribution in [0.15, 0.2) is 36.4 Å². The van der Waals surface area contributed by atoms with E-state index >= 15 is 0 Å². The highest BCUT2D eigenvalue weighted by molar-refractivity contribution is 7.92. The molecule has 0 spiro atoms. The summed E-state index contributed by atoms with van der Waals surface area (Å²) >= 11 is 0. The Balaban J connectivity index is 1.76. The number of nitrogens with one attached hydrogen (secondary N) is 2. The van der Waals surface area contributed by atoms with Crippen molar-refractivity contribution in [3.05, 3.63) is 47.5 Å². The third-order valence-corrected chi connectivity index (χ3v) is 5.51. The second-order valence-corrected chi connectivity index (χ2v) is 9.22. The van der Waals surface area contributed by atoms with Gasteiger partial charge in [0.15, 0.2) is 0 Å². The normalized spacial score (nSPS) is 16.5. The molecule has 0 aliphatic carbocycles. The molecule has 2 aromatic rings. The highest BCUT2D eigenvalue weighted by Crippen LogP contribution is 2.34. The Kier molecular flexibility index (Phi) is 6.02. The van der Waals surface area contributed by atoms with E-state index in [1.165, 1.54) is 0 Å². The van der Waals surface area contributed by atoms with Crippen molar-refractivity contribution >= 4 is 38.9 Å². The van der Waals surface area contributed by atoms with Gasteiger partial charge in [-0.05, 0) is 49.2 Å². The van der Waals surface area contributed by atoms with E-state index in [1.54, 1.807) is 43.2 Å². The minimum Gasteiger partial charge on any atom is -0.495 e. The van der Waals surface area contributed by atoms with Crippen LogP contribution in [0.5, 0.6) is 5.75 Å². The molecular formula is C21H25N3O5S. The van der Waals surface area contributed by atoms with Crippen molar-refractivity contribution in [2.24, 2.45) is 5.92 Å². The Morgan fingerprint density at radius 2 is 1.90 bits per heavy atom. The summed E-state index contributed by atoms with van der Waals surface area (Å²) in [5.74, 6) is -0.408. The molecule has 0 bridgehead atoms. The van der Waals surface area contributed by atoms with E-state index in [0.29, 0.717) is 22.8 Å². The SMILES string of the molecule is COc1ccc(C)cc1N1CC(C(=O)Nc2ccc(C)c(NS(C)(=O)=O)c2)CC1=O. The molecular weight excluding hydrogens is 406 g/mol.